The maximum atomic E-state index is 13.8. The van der Waals surface area contributed by atoms with Crippen molar-refractivity contribution in [3.63, 3.8) is 0 Å². The summed E-state index contributed by atoms with van der Waals surface area (Å²) in [6, 6.07) is 6.70. The average Bonchev–Trinajstić information content (AvgIpc) is 2.99. The van der Waals surface area contributed by atoms with E-state index in [1.807, 2.05) is 13.0 Å². The highest BCUT2D eigenvalue weighted by Crippen LogP contribution is 2.21. The Hall–Kier alpha value is -1.77. The Labute approximate surface area is 147 Å². The van der Waals surface area contributed by atoms with Gasteiger partial charge in [0, 0.05) is 44.8 Å². The molecule has 8 heteroatoms. The van der Waals surface area contributed by atoms with Crippen LogP contribution in [0.4, 0.5) is 4.39 Å². The molecule has 1 saturated heterocycles. The van der Waals surface area contributed by atoms with E-state index in [4.69, 9.17) is 0 Å². The first-order chi connectivity index (χ1) is 11.9. The molecule has 0 N–H and O–H groups in total. The van der Waals surface area contributed by atoms with Gasteiger partial charge in [-0.25, -0.2) is 12.8 Å². The first-order valence-electron chi connectivity index (χ1n) is 8.41. The van der Waals surface area contributed by atoms with E-state index >= 15 is 0 Å². The maximum absolute atomic E-state index is 13.8. The van der Waals surface area contributed by atoms with E-state index in [1.165, 1.54) is 16.6 Å². The lowest BCUT2D eigenvalue weighted by Gasteiger charge is -2.33. The third kappa shape index (κ3) is 3.61. The van der Waals surface area contributed by atoms with E-state index in [0.29, 0.717) is 50.5 Å². The molecule has 0 aliphatic carbocycles. The molecule has 0 bridgehead atoms. The van der Waals surface area contributed by atoms with Crippen LogP contribution >= 0.6 is 0 Å². The third-order valence-corrected chi connectivity index (χ3v) is 6.66. The zero-order chi connectivity index (χ0) is 18.0. The van der Waals surface area contributed by atoms with Crippen LogP contribution in [-0.4, -0.2) is 53.6 Å². The summed E-state index contributed by atoms with van der Waals surface area (Å²) >= 11 is 0. The molecule has 136 valence electrons. The van der Waals surface area contributed by atoms with Crippen LogP contribution in [0.15, 0.2) is 35.4 Å². The van der Waals surface area contributed by atoms with Crippen LogP contribution in [0.2, 0.25) is 0 Å². The highest BCUT2D eigenvalue weighted by atomic mass is 32.2. The number of sulfonamides is 1. The van der Waals surface area contributed by atoms with E-state index in [1.54, 1.807) is 23.7 Å². The standard InChI is InChI=1S/C17H23FN4O2S/c1-3-22-14(2)17(12-19-22)25(23,24)21-10-8-20(9-11-21)13-15-6-4-5-7-16(15)18/h4-7,12H,3,8-11,13H2,1-2H3. The summed E-state index contributed by atoms with van der Waals surface area (Å²) < 4.78 is 42.6. The van der Waals surface area contributed by atoms with Crippen molar-refractivity contribution in [1.82, 2.24) is 19.0 Å². The smallest absolute Gasteiger partial charge is 0.246 e. The molecule has 25 heavy (non-hydrogen) atoms. The van der Waals surface area contributed by atoms with Gasteiger partial charge in [-0.3, -0.25) is 9.58 Å². The summed E-state index contributed by atoms with van der Waals surface area (Å²) in [5.74, 6) is -0.222. The van der Waals surface area contributed by atoms with Crippen LogP contribution in [0.25, 0.3) is 0 Å². The van der Waals surface area contributed by atoms with Gasteiger partial charge in [0.2, 0.25) is 10.0 Å². The predicted octanol–water partition coefficient (Wildman–Crippen LogP) is 1.86. The predicted molar refractivity (Wildman–Crippen MR) is 93.1 cm³/mol. The van der Waals surface area contributed by atoms with Gasteiger partial charge in [-0.15, -0.1) is 0 Å². The molecule has 1 aliphatic heterocycles. The van der Waals surface area contributed by atoms with Gasteiger partial charge in [-0.1, -0.05) is 18.2 Å². The Morgan fingerprint density at radius 2 is 1.84 bits per heavy atom. The second-order valence-electron chi connectivity index (χ2n) is 6.18. The molecule has 6 nitrogen and oxygen atoms in total. The van der Waals surface area contributed by atoms with Crippen LogP contribution in [0, 0.1) is 12.7 Å². The molecule has 1 aromatic heterocycles. The minimum Gasteiger partial charge on any atom is -0.296 e. The summed E-state index contributed by atoms with van der Waals surface area (Å²) in [5, 5.41) is 4.13. The molecule has 0 spiro atoms. The number of halogens is 1. The molecule has 0 unspecified atom stereocenters. The number of hydrogen-bond donors (Lipinski definition) is 0. The Morgan fingerprint density at radius 3 is 2.44 bits per heavy atom. The maximum Gasteiger partial charge on any atom is 0.246 e. The zero-order valence-corrected chi connectivity index (χ0v) is 15.3. The van der Waals surface area contributed by atoms with E-state index in [2.05, 4.69) is 10.00 Å². The first kappa shape index (κ1) is 18.0. The molecule has 0 radical (unpaired) electrons. The van der Waals surface area contributed by atoms with Gasteiger partial charge in [0.25, 0.3) is 0 Å². The normalized spacial score (nSPS) is 17.1. The van der Waals surface area contributed by atoms with E-state index in [9.17, 15) is 12.8 Å². The molecule has 1 fully saturated rings. The van der Waals surface area contributed by atoms with Gasteiger partial charge in [0.05, 0.1) is 11.9 Å². The fourth-order valence-electron chi connectivity index (χ4n) is 3.14. The number of hydrogen-bond acceptors (Lipinski definition) is 4. The van der Waals surface area contributed by atoms with Gasteiger partial charge in [0.1, 0.15) is 10.7 Å². The molecular formula is C17H23FN4O2S. The van der Waals surface area contributed by atoms with Crippen LogP contribution in [-0.2, 0) is 23.1 Å². The van der Waals surface area contributed by atoms with Crippen LogP contribution in [0.3, 0.4) is 0 Å². The van der Waals surface area contributed by atoms with Crippen LogP contribution in [0.1, 0.15) is 18.2 Å². The van der Waals surface area contributed by atoms with Crippen LogP contribution < -0.4 is 0 Å². The zero-order valence-electron chi connectivity index (χ0n) is 14.5. The van der Waals surface area contributed by atoms with Crippen molar-refractivity contribution < 1.29 is 12.8 Å². The van der Waals surface area contributed by atoms with Crippen molar-refractivity contribution >= 4 is 10.0 Å². The summed E-state index contributed by atoms with van der Waals surface area (Å²) in [6.07, 6.45) is 1.43. The quantitative estimate of drug-likeness (QED) is 0.810. The number of nitrogens with zero attached hydrogens (tertiary/aromatic N) is 4. The lowest BCUT2D eigenvalue weighted by atomic mass is 10.2. The van der Waals surface area contributed by atoms with E-state index in [0.717, 1.165) is 0 Å². The monoisotopic (exact) mass is 366 g/mol. The summed E-state index contributed by atoms with van der Waals surface area (Å²) in [6.45, 7) is 6.78. The largest absolute Gasteiger partial charge is 0.296 e. The van der Waals surface area contributed by atoms with E-state index < -0.39 is 10.0 Å². The van der Waals surface area contributed by atoms with Gasteiger partial charge in [-0.05, 0) is 19.9 Å². The lowest BCUT2D eigenvalue weighted by Crippen LogP contribution is -2.48. The first-order valence-corrected chi connectivity index (χ1v) is 9.85. The van der Waals surface area contributed by atoms with Gasteiger partial charge < -0.3 is 0 Å². The molecule has 2 aromatic rings. The third-order valence-electron chi connectivity index (χ3n) is 4.66. The highest BCUT2D eigenvalue weighted by Gasteiger charge is 2.31. The molecule has 2 heterocycles. The topological polar surface area (TPSA) is 58.4 Å². The highest BCUT2D eigenvalue weighted by molar-refractivity contribution is 7.89. The fraction of sp³-hybridized carbons (Fsp3) is 0.471. The number of rotatable bonds is 5. The van der Waals surface area contributed by atoms with Gasteiger partial charge in [0.15, 0.2) is 0 Å². The molecule has 1 aliphatic rings. The molecule has 0 amide bonds. The van der Waals surface area contributed by atoms with Crippen molar-refractivity contribution in [2.24, 2.45) is 0 Å². The molecule has 0 atom stereocenters. The number of aromatic nitrogens is 2. The molecular weight excluding hydrogens is 343 g/mol. The van der Waals surface area contributed by atoms with Crippen molar-refractivity contribution in [3.8, 4) is 0 Å². The van der Waals surface area contributed by atoms with Gasteiger partial charge >= 0.3 is 0 Å². The minimum atomic E-state index is -3.54. The lowest BCUT2D eigenvalue weighted by molar-refractivity contribution is 0.180. The Balaban J connectivity index is 1.67. The summed E-state index contributed by atoms with van der Waals surface area (Å²) in [4.78, 5) is 2.35. The average molecular weight is 366 g/mol. The second kappa shape index (κ2) is 7.23. The molecule has 1 aromatic carbocycles. The second-order valence-corrected chi connectivity index (χ2v) is 8.09. The molecule has 0 saturated carbocycles. The number of piperazine rings is 1. The Morgan fingerprint density at radius 1 is 1.16 bits per heavy atom. The summed E-state index contributed by atoms with van der Waals surface area (Å²) in [7, 11) is -3.54. The van der Waals surface area contributed by atoms with Crippen molar-refractivity contribution in [1.29, 1.82) is 0 Å². The molecule has 3 rings (SSSR count). The van der Waals surface area contributed by atoms with Crippen molar-refractivity contribution in [3.05, 3.63) is 47.5 Å². The van der Waals surface area contributed by atoms with Crippen molar-refractivity contribution in [2.45, 2.75) is 31.8 Å². The van der Waals surface area contributed by atoms with Gasteiger partial charge in [-0.2, -0.15) is 9.40 Å². The van der Waals surface area contributed by atoms with Crippen molar-refractivity contribution in [2.75, 3.05) is 26.2 Å². The van der Waals surface area contributed by atoms with Crippen LogP contribution in [0.5, 0.6) is 0 Å². The summed E-state index contributed by atoms with van der Waals surface area (Å²) in [5.41, 5.74) is 1.30. The van der Waals surface area contributed by atoms with E-state index in [-0.39, 0.29) is 10.7 Å². The number of benzene rings is 1. The minimum absolute atomic E-state index is 0.222. The Kier molecular flexibility index (Phi) is 5.21. The number of aryl methyl sites for hydroxylation is 1. The Bertz CT molecular complexity index is 842. The fourth-order valence-corrected chi connectivity index (χ4v) is 4.72. The SMILES string of the molecule is CCn1ncc(S(=O)(=O)N2CCN(Cc3ccccc3F)CC2)c1C.